The second-order valence-electron chi connectivity index (χ2n) is 9.41. The summed E-state index contributed by atoms with van der Waals surface area (Å²) >= 11 is 6.43. The van der Waals surface area contributed by atoms with E-state index in [0.29, 0.717) is 22.9 Å². The van der Waals surface area contributed by atoms with Crippen LogP contribution in [0.15, 0.2) is 42.5 Å². The number of amides is 1. The Labute approximate surface area is 199 Å². The molecule has 5 rings (SSSR count). The Kier molecular flexibility index (Phi) is 6.76. The van der Waals surface area contributed by atoms with Crippen LogP contribution >= 0.6 is 11.6 Å². The van der Waals surface area contributed by atoms with Gasteiger partial charge in [0.15, 0.2) is 0 Å². The van der Waals surface area contributed by atoms with E-state index in [0.717, 1.165) is 51.6 Å². The number of hydrogen-bond donors (Lipinski definition) is 2. The highest BCUT2D eigenvalue weighted by Crippen LogP contribution is 2.34. The third-order valence-electron chi connectivity index (χ3n) is 6.74. The van der Waals surface area contributed by atoms with Gasteiger partial charge in [0.05, 0.1) is 17.2 Å². The number of carbonyl (C=O) groups excluding carboxylic acids is 1. The van der Waals surface area contributed by atoms with Gasteiger partial charge < -0.3 is 24.8 Å². The van der Waals surface area contributed by atoms with Crippen LogP contribution in [0.5, 0.6) is 5.75 Å². The zero-order valence-electron chi connectivity index (χ0n) is 18.7. The molecule has 0 radical (unpaired) electrons. The summed E-state index contributed by atoms with van der Waals surface area (Å²) in [7, 11) is 0. The summed E-state index contributed by atoms with van der Waals surface area (Å²) in [6, 6.07) is 13.0. The van der Waals surface area contributed by atoms with E-state index in [9.17, 15) is 9.90 Å². The minimum absolute atomic E-state index is 0.180. The summed E-state index contributed by atoms with van der Waals surface area (Å²) in [5.74, 6) is 0.638. The minimum atomic E-state index is -0.911. The average Bonchev–Trinajstić information content (AvgIpc) is 3.29. The van der Waals surface area contributed by atoms with E-state index < -0.39 is 18.2 Å². The second-order valence-corrected chi connectivity index (χ2v) is 9.82. The van der Waals surface area contributed by atoms with Crippen molar-refractivity contribution in [2.45, 2.75) is 62.9 Å². The van der Waals surface area contributed by atoms with Crippen LogP contribution in [0.4, 0.5) is 4.79 Å². The van der Waals surface area contributed by atoms with Gasteiger partial charge in [0.2, 0.25) is 0 Å². The molecule has 1 amide bonds. The molecule has 0 bridgehead atoms. The van der Waals surface area contributed by atoms with Crippen LogP contribution in [0.1, 0.15) is 48.5 Å². The van der Waals surface area contributed by atoms with Crippen molar-refractivity contribution in [3.05, 3.63) is 64.2 Å². The number of aliphatic hydroxyl groups is 1. The van der Waals surface area contributed by atoms with E-state index >= 15 is 0 Å². The molecule has 2 atom stereocenters. The van der Waals surface area contributed by atoms with Gasteiger partial charge in [-0.05, 0) is 67.6 Å². The molecule has 0 aromatic heterocycles. The Balaban J connectivity index is 1.25. The van der Waals surface area contributed by atoms with Crippen molar-refractivity contribution in [1.82, 2.24) is 10.2 Å². The lowest BCUT2D eigenvalue weighted by Gasteiger charge is -2.29. The Morgan fingerprint density at radius 2 is 1.79 bits per heavy atom. The van der Waals surface area contributed by atoms with Crippen LogP contribution in [0, 0.1) is 0 Å². The Hall–Kier alpha value is -2.28. The molecule has 176 valence electrons. The summed E-state index contributed by atoms with van der Waals surface area (Å²) in [5, 5.41) is 14.6. The lowest BCUT2D eigenvalue weighted by atomic mass is 10.0. The standard InChI is InChI=1S/C26H31ClN2O4/c27-22-15-19(7-10-24(22)32-20-8-9-20)25(30)23(16-29-11-3-4-12-29)28-26(31)33-21-13-17-5-1-2-6-18(17)14-21/h1-2,5-7,10,15,20-21,23,25,30H,3-4,8-9,11-14,16H2,(H,28,31)/t23-,25-/m1/s1. The average molecular weight is 471 g/mol. The van der Waals surface area contributed by atoms with Crippen molar-refractivity contribution < 1.29 is 19.4 Å². The summed E-state index contributed by atoms with van der Waals surface area (Å²) in [5.41, 5.74) is 3.11. The number of likely N-dealkylation sites (tertiary alicyclic amines) is 1. The Bertz CT molecular complexity index is 965. The number of fused-ring (bicyclic) bond motifs is 1. The van der Waals surface area contributed by atoms with Crippen LogP contribution in [-0.2, 0) is 17.6 Å². The molecule has 33 heavy (non-hydrogen) atoms. The van der Waals surface area contributed by atoms with Crippen molar-refractivity contribution in [3.63, 3.8) is 0 Å². The van der Waals surface area contributed by atoms with Crippen LogP contribution in [0.3, 0.4) is 0 Å². The first kappa shape index (κ1) is 22.5. The summed E-state index contributed by atoms with van der Waals surface area (Å²) in [6.07, 6.45) is 4.48. The number of benzene rings is 2. The number of nitrogens with one attached hydrogen (secondary N) is 1. The van der Waals surface area contributed by atoms with Crippen LogP contribution in [-0.4, -0.2) is 54.0 Å². The maximum absolute atomic E-state index is 12.8. The number of carbonyl (C=O) groups is 1. The molecule has 1 saturated heterocycles. The topological polar surface area (TPSA) is 71.0 Å². The number of hydrogen-bond acceptors (Lipinski definition) is 5. The monoisotopic (exact) mass is 470 g/mol. The lowest BCUT2D eigenvalue weighted by Crippen LogP contribution is -2.47. The van der Waals surface area contributed by atoms with Gasteiger partial charge in [0, 0.05) is 19.4 Å². The quantitative estimate of drug-likeness (QED) is 0.602. The molecule has 0 spiro atoms. The maximum Gasteiger partial charge on any atom is 0.407 e. The van der Waals surface area contributed by atoms with Crippen molar-refractivity contribution in [3.8, 4) is 5.75 Å². The predicted molar refractivity (Wildman–Crippen MR) is 127 cm³/mol. The molecule has 1 saturated carbocycles. The van der Waals surface area contributed by atoms with Crippen molar-refractivity contribution in [2.75, 3.05) is 19.6 Å². The SMILES string of the molecule is O=C(N[C@H](CN1CCCC1)[C@H](O)c1ccc(OC2CC2)c(Cl)c1)OC1Cc2ccccc2C1. The minimum Gasteiger partial charge on any atom is -0.489 e. The maximum atomic E-state index is 12.8. The number of nitrogens with zero attached hydrogens (tertiary/aromatic N) is 1. The summed E-state index contributed by atoms with van der Waals surface area (Å²) in [6.45, 7) is 2.48. The third-order valence-corrected chi connectivity index (χ3v) is 7.04. The van der Waals surface area contributed by atoms with Gasteiger partial charge in [-0.2, -0.15) is 0 Å². The fourth-order valence-electron chi connectivity index (χ4n) is 4.80. The number of alkyl carbamates (subject to hydrolysis) is 1. The molecule has 2 aromatic rings. The molecule has 6 nitrogen and oxygen atoms in total. The van der Waals surface area contributed by atoms with E-state index in [4.69, 9.17) is 21.1 Å². The van der Waals surface area contributed by atoms with Crippen molar-refractivity contribution in [2.24, 2.45) is 0 Å². The molecular formula is C26H31ClN2O4. The van der Waals surface area contributed by atoms with E-state index in [-0.39, 0.29) is 12.2 Å². The van der Waals surface area contributed by atoms with E-state index in [1.54, 1.807) is 12.1 Å². The van der Waals surface area contributed by atoms with Gasteiger partial charge in [-0.1, -0.05) is 41.9 Å². The molecule has 1 aliphatic heterocycles. The molecule has 2 aliphatic carbocycles. The molecule has 7 heteroatoms. The summed E-state index contributed by atoms with van der Waals surface area (Å²) < 4.78 is 11.6. The molecule has 3 aliphatic rings. The number of halogens is 1. The van der Waals surface area contributed by atoms with Gasteiger partial charge >= 0.3 is 6.09 Å². The van der Waals surface area contributed by atoms with Crippen molar-refractivity contribution in [1.29, 1.82) is 0 Å². The van der Waals surface area contributed by atoms with Gasteiger partial charge in [-0.15, -0.1) is 0 Å². The van der Waals surface area contributed by atoms with E-state index in [2.05, 4.69) is 22.3 Å². The second kappa shape index (κ2) is 9.92. The van der Waals surface area contributed by atoms with Gasteiger partial charge in [-0.25, -0.2) is 4.79 Å². The first-order valence-electron chi connectivity index (χ1n) is 12.0. The zero-order chi connectivity index (χ0) is 22.8. The summed E-state index contributed by atoms with van der Waals surface area (Å²) in [4.78, 5) is 15.1. The largest absolute Gasteiger partial charge is 0.489 e. The molecule has 1 heterocycles. The molecule has 2 N–H and O–H groups in total. The lowest BCUT2D eigenvalue weighted by molar-refractivity contribution is 0.0727. The normalized spacial score (nSPS) is 20.3. The number of ether oxygens (including phenoxy) is 2. The van der Waals surface area contributed by atoms with Crippen molar-refractivity contribution >= 4 is 17.7 Å². The molecule has 2 fully saturated rings. The van der Waals surface area contributed by atoms with Gasteiger partial charge in [0.1, 0.15) is 18.0 Å². The fourth-order valence-corrected chi connectivity index (χ4v) is 5.03. The molecular weight excluding hydrogens is 440 g/mol. The third kappa shape index (κ3) is 5.62. The van der Waals surface area contributed by atoms with Gasteiger partial charge in [-0.3, -0.25) is 0 Å². The first-order chi connectivity index (χ1) is 16.0. The van der Waals surface area contributed by atoms with E-state index in [1.807, 2.05) is 18.2 Å². The number of aliphatic hydroxyl groups excluding tert-OH is 1. The molecule has 0 unspecified atom stereocenters. The molecule has 2 aromatic carbocycles. The smallest absolute Gasteiger partial charge is 0.407 e. The first-order valence-corrected chi connectivity index (χ1v) is 12.3. The highest BCUT2D eigenvalue weighted by atomic mass is 35.5. The van der Waals surface area contributed by atoms with Crippen LogP contribution < -0.4 is 10.1 Å². The fraction of sp³-hybridized carbons (Fsp3) is 0.500. The zero-order valence-corrected chi connectivity index (χ0v) is 19.5. The Morgan fingerprint density at radius 3 is 2.42 bits per heavy atom. The predicted octanol–water partition coefficient (Wildman–Crippen LogP) is 4.27. The van der Waals surface area contributed by atoms with Crippen LogP contribution in [0.2, 0.25) is 5.02 Å². The highest BCUT2D eigenvalue weighted by molar-refractivity contribution is 6.32. The van der Waals surface area contributed by atoms with Gasteiger partial charge in [0.25, 0.3) is 0 Å². The highest BCUT2D eigenvalue weighted by Gasteiger charge is 2.30. The van der Waals surface area contributed by atoms with E-state index in [1.165, 1.54) is 11.1 Å². The van der Waals surface area contributed by atoms with Crippen LogP contribution in [0.25, 0.3) is 0 Å². The number of rotatable bonds is 8. The Morgan fingerprint density at radius 1 is 1.09 bits per heavy atom.